The van der Waals surface area contributed by atoms with Gasteiger partial charge in [-0.25, -0.2) is 4.98 Å². The molecule has 6 heteroatoms. The molecule has 0 saturated heterocycles. The Kier molecular flexibility index (Phi) is 6.75. The first-order chi connectivity index (χ1) is 11.1. The molecular weight excluding hydrogens is 351 g/mol. The van der Waals surface area contributed by atoms with Crippen molar-refractivity contribution in [3.8, 4) is 0 Å². The Morgan fingerprint density at radius 1 is 1.13 bits per heavy atom. The summed E-state index contributed by atoms with van der Waals surface area (Å²) in [5.41, 5.74) is 1.31. The van der Waals surface area contributed by atoms with Crippen molar-refractivity contribution in [3.05, 3.63) is 57.8 Å². The molecule has 0 spiro atoms. The van der Waals surface area contributed by atoms with Crippen LogP contribution in [0, 0.1) is 0 Å². The molecule has 2 aromatic rings. The Morgan fingerprint density at radius 2 is 1.83 bits per heavy atom. The highest BCUT2D eigenvalue weighted by Gasteiger charge is 2.14. The first kappa shape index (κ1) is 18.1. The topological polar surface area (TPSA) is 33.2 Å². The number of nitrogens with zero attached hydrogens (tertiary/aromatic N) is 2. The van der Waals surface area contributed by atoms with Crippen molar-refractivity contribution >= 4 is 40.9 Å². The summed E-state index contributed by atoms with van der Waals surface area (Å²) in [7, 11) is 0. The predicted molar refractivity (Wildman–Crippen MR) is 97.5 cm³/mol. The van der Waals surface area contributed by atoms with Crippen LogP contribution in [0.15, 0.2) is 41.3 Å². The van der Waals surface area contributed by atoms with Crippen molar-refractivity contribution in [1.29, 1.82) is 0 Å². The van der Waals surface area contributed by atoms with E-state index in [2.05, 4.69) is 4.98 Å². The number of benzene rings is 1. The van der Waals surface area contributed by atoms with E-state index >= 15 is 0 Å². The molecule has 23 heavy (non-hydrogen) atoms. The first-order valence-electron chi connectivity index (χ1n) is 7.38. The smallest absolute Gasteiger partial charge is 0.272 e. The maximum atomic E-state index is 12.4. The van der Waals surface area contributed by atoms with Crippen molar-refractivity contribution < 1.29 is 4.79 Å². The monoisotopic (exact) mass is 368 g/mol. The number of halogens is 2. The van der Waals surface area contributed by atoms with Crippen LogP contribution >= 0.6 is 35.0 Å². The van der Waals surface area contributed by atoms with Crippen LogP contribution in [0.2, 0.25) is 10.0 Å². The molecule has 1 heterocycles. The summed E-state index contributed by atoms with van der Waals surface area (Å²) in [5.74, 6) is 0.585. The molecule has 122 valence electrons. The normalized spacial score (nSPS) is 10.6. The molecule has 0 aliphatic heterocycles. The maximum Gasteiger partial charge on any atom is 0.272 e. The van der Waals surface area contributed by atoms with Crippen LogP contribution in [0.4, 0.5) is 0 Å². The number of carbonyl (C=O) groups is 1. The van der Waals surface area contributed by atoms with Crippen LogP contribution in [0.1, 0.15) is 30.0 Å². The van der Waals surface area contributed by atoms with Crippen LogP contribution in [0.5, 0.6) is 0 Å². The van der Waals surface area contributed by atoms with Gasteiger partial charge in [0.1, 0.15) is 5.69 Å². The van der Waals surface area contributed by atoms with E-state index in [1.54, 1.807) is 28.8 Å². The minimum absolute atomic E-state index is 0.0392. The first-order valence-corrected chi connectivity index (χ1v) is 9.13. The van der Waals surface area contributed by atoms with E-state index in [-0.39, 0.29) is 5.91 Å². The number of carbonyl (C=O) groups excluding carboxylic acids is 1. The molecule has 1 amide bonds. The van der Waals surface area contributed by atoms with Gasteiger partial charge in [0.15, 0.2) is 0 Å². The Morgan fingerprint density at radius 3 is 2.52 bits per heavy atom. The molecule has 0 unspecified atom stereocenters. The third kappa shape index (κ3) is 4.63. The average Bonchev–Trinajstić information content (AvgIpc) is 2.57. The van der Waals surface area contributed by atoms with Gasteiger partial charge in [-0.05, 0) is 38.1 Å². The second kappa shape index (κ2) is 8.57. The van der Waals surface area contributed by atoms with Crippen LogP contribution in [0.25, 0.3) is 0 Å². The number of aromatic nitrogens is 1. The molecule has 0 aliphatic rings. The third-order valence-electron chi connectivity index (χ3n) is 3.37. The summed E-state index contributed by atoms with van der Waals surface area (Å²) >= 11 is 13.8. The van der Waals surface area contributed by atoms with Crippen molar-refractivity contribution in [2.24, 2.45) is 0 Å². The highest BCUT2D eigenvalue weighted by molar-refractivity contribution is 7.98. The Hall–Kier alpha value is -1.23. The van der Waals surface area contributed by atoms with Crippen molar-refractivity contribution in [2.75, 3.05) is 13.1 Å². The number of pyridine rings is 1. The van der Waals surface area contributed by atoms with Gasteiger partial charge in [0.2, 0.25) is 0 Å². The Bertz CT molecular complexity index is 690. The van der Waals surface area contributed by atoms with Crippen LogP contribution < -0.4 is 0 Å². The van der Waals surface area contributed by atoms with Crippen molar-refractivity contribution in [3.63, 3.8) is 0 Å². The predicted octanol–water partition coefficient (Wildman–Crippen LogP) is 5.16. The van der Waals surface area contributed by atoms with Gasteiger partial charge in [-0.1, -0.05) is 35.3 Å². The lowest BCUT2D eigenvalue weighted by Crippen LogP contribution is -2.31. The summed E-state index contributed by atoms with van der Waals surface area (Å²) in [4.78, 5) is 19.5. The summed E-state index contributed by atoms with van der Waals surface area (Å²) in [6.07, 6.45) is 0. The van der Waals surface area contributed by atoms with E-state index in [9.17, 15) is 4.79 Å². The van der Waals surface area contributed by atoms with Crippen molar-refractivity contribution in [2.45, 2.75) is 24.5 Å². The summed E-state index contributed by atoms with van der Waals surface area (Å²) in [5, 5.41) is 1.09. The van der Waals surface area contributed by atoms with Gasteiger partial charge >= 0.3 is 0 Å². The fourth-order valence-corrected chi connectivity index (χ4v) is 3.49. The van der Waals surface area contributed by atoms with E-state index in [4.69, 9.17) is 23.2 Å². The van der Waals surface area contributed by atoms with Crippen molar-refractivity contribution in [1.82, 2.24) is 9.88 Å². The lowest BCUT2D eigenvalue weighted by Gasteiger charge is -2.18. The molecule has 1 aromatic carbocycles. The van der Waals surface area contributed by atoms with Gasteiger partial charge in [0, 0.05) is 23.7 Å². The number of hydrogen-bond acceptors (Lipinski definition) is 3. The minimum Gasteiger partial charge on any atom is -0.338 e. The zero-order valence-electron chi connectivity index (χ0n) is 13.1. The molecule has 0 bridgehead atoms. The summed E-state index contributed by atoms with van der Waals surface area (Å²) in [6, 6.07) is 11.1. The lowest BCUT2D eigenvalue weighted by atomic mass is 10.3. The molecular formula is C17H18Cl2N2OS. The summed E-state index contributed by atoms with van der Waals surface area (Å²) in [6.45, 7) is 5.27. The SMILES string of the molecule is CCN(CC)C(=O)c1cccc(CSc2cccc(Cl)c2Cl)n1. The Balaban J connectivity index is 2.11. The second-order valence-corrected chi connectivity index (χ2v) is 6.63. The highest BCUT2D eigenvalue weighted by Crippen LogP contribution is 2.34. The standard InChI is InChI=1S/C17H18Cl2N2OS/c1-3-21(4-2)17(22)14-9-5-7-12(20-14)11-23-15-10-6-8-13(18)16(15)19/h5-10H,3-4,11H2,1-2H3. The number of thioether (sulfide) groups is 1. The van der Waals surface area contributed by atoms with Gasteiger partial charge in [0.05, 0.1) is 15.7 Å². The lowest BCUT2D eigenvalue weighted by molar-refractivity contribution is 0.0767. The van der Waals surface area contributed by atoms with Crippen LogP contribution in [0.3, 0.4) is 0 Å². The molecule has 0 radical (unpaired) electrons. The quantitative estimate of drug-likeness (QED) is 0.659. The van der Waals surface area contributed by atoms with Gasteiger partial charge in [-0.15, -0.1) is 11.8 Å². The van der Waals surface area contributed by atoms with Gasteiger partial charge in [-0.2, -0.15) is 0 Å². The van der Waals surface area contributed by atoms with E-state index < -0.39 is 0 Å². The van der Waals surface area contributed by atoms with Gasteiger partial charge in [-0.3, -0.25) is 4.79 Å². The van der Waals surface area contributed by atoms with E-state index in [1.165, 1.54) is 0 Å². The fourth-order valence-electron chi connectivity index (χ4n) is 2.10. The van der Waals surface area contributed by atoms with Gasteiger partial charge < -0.3 is 4.90 Å². The fraction of sp³-hybridized carbons (Fsp3) is 0.294. The van der Waals surface area contributed by atoms with Crippen LogP contribution in [-0.2, 0) is 5.75 Å². The van der Waals surface area contributed by atoms with E-state index in [0.29, 0.717) is 34.6 Å². The number of hydrogen-bond donors (Lipinski definition) is 0. The second-order valence-electron chi connectivity index (χ2n) is 4.83. The number of amides is 1. The van der Waals surface area contributed by atoms with Gasteiger partial charge in [0.25, 0.3) is 5.91 Å². The Labute approximate surface area is 151 Å². The van der Waals surface area contributed by atoms with Crippen LogP contribution in [-0.4, -0.2) is 28.9 Å². The summed E-state index contributed by atoms with van der Waals surface area (Å²) < 4.78 is 0. The molecule has 2 rings (SSSR count). The zero-order valence-corrected chi connectivity index (χ0v) is 15.4. The molecule has 3 nitrogen and oxygen atoms in total. The largest absolute Gasteiger partial charge is 0.338 e. The number of rotatable bonds is 6. The van der Waals surface area contributed by atoms with E-state index in [1.807, 2.05) is 38.1 Å². The molecule has 0 fully saturated rings. The maximum absolute atomic E-state index is 12.4. The highest BCUT2D eigenvalue weighted by atomic mass is 35.5. The average molecular weight is 369 g/mol. The molecule has 0 atom stereocenters. The third-order valence-corrected chi connectivity index (χ3v) is 5.39. The zero-order chi connectivity index (χ0) is 16.8. The molecule has 1 aromatic heterocycles. The molecule has 0 aliphatic carbocycles. The minimum atomic E-state index is -0.0392. The molecule has 0 N–H and O–H groups in total. The molecule has 0 saturated carbocycles. The van der Waals surface area contributed by atoms with E-state index in [0.717, 1.165) is 10.6 Å².